The lowest BCUT2D eigenvalue weighted by atomic mass is 9.96. The van der Waals surface area contributed by atoms with Gasteiger partial charge in [-0.15, -0.1) is 0 Å². The Morgan fingerprint density at radius 2 is 2.14 bits per heavy atom. The summed E-state index contributed by atoms with van der Waals surface area (Å²) < 4.78 is 1.000. The Kier molecular flexibility index (Phi) is 5.86. The van der Waals surface area contributed by atoms with Crippen LogP contribution < -0.4 is 15.8 Å². The minimum atomic E-state index is -1.16. The molecule has 0 aromatic carbocycles. The lowest BCUT2D eigenvalue weighted by Crippen LogP contribution is -2.41. The van der Waals surface area contributed by atoms with Gasteiger partial charge in [-0.1, -0.05) is 0 Å². The molecule has 1 aliphatic heterocycles. The molecule has 29 heavy (non-hydrogen) atoms. The predicted molar refractivity (Wildman–Crippen MR) is 103 cm³/mol. The maximum Gasteiger partial charge on any atom is 0.323 e. The number of aliphatic carboxylic acids is 1. The van der Waals surface area contributed by atoms with Crippen LogP contribution in [0.4, 0.5) is 17.1 Å². The molecule has 3 rings (SSSR count). The van der Waals surface area contributed by atoms with Gasteiger partial charge in [0.25, 0.3) is 11.2 Å². The van der Waals surface area contributed by atoms with Gasteiger partial charge in [-0.05, 0) is 18.9 Å². The SMILES string of the molecule is O=C(O)Cn1cc(NC(=O)[C@H]2CCCN(c3cncc([N+](=O)[O-])c3)C2)ccc1=O. The maximum atomic E-state index is 12.7. The molecule has 11 nitrogen and oxygen atoms in total. The molecule has 0 bridgehead atoms. The highest BCUT2D eigenvalue weighted by molar-refractivity contribution is 5.93. The number of amides is 1. The van der Waals surface area contributed by atoms with Crippen LogP contribution in [0.2, 0.25) is 0 Å². The number of anilines is 2. The zero-order chi connectivity index (χ0) is 21.0. The van der Waals surface area contributed by atoms with E-state index in [0.29, 0.717) is 30.9 Å². The number of nitrogens with zero attached hydrogens (tertiary/aromatic N) is 4. The Hall–Kier alpha value is -3.76. The third kappa shape index (κ3) is 4.94. The van der Waals surface area contributed by atoms with Crippen LogP contribution in [-0.2, 0) is 16.1 Å². The first-order valence-corrected chi connectivity index (χ1v) is 8.91. The van der Waals surface area contributed by atoms with E-state index in [9.17, 15) is 24.5 Å². The second kappa shape index (κ2) is 8.50. The van der Waals surface area contributed by atoms with Crippen LogP contribution in [0.25, 0.3) is 0 Å². The molecule has 2 N–H and O–H groups in total. The number of carboxylic acid groups (broad SMARTS) is 1. The number of aromatic nitrogens is 2. The van der Waals surface area contributed by atoms with Gasteiger partial charge in [-0.2, -0.15) is 0 Å². The largest absolute Gasteiger partial charge is 0.480 e. The standard InChI is InChI=1S/C18H19N5O6/c24-16-4-3-13(10-22(16)11-17(25)26)20-18(27)12-2-1-5-21(9-12)14-6-15(23(28)29)8-19-7-14/h3-4,6-8,10,12H,1-2,5,9,11H2,(H,20,27)(H,25,26)/t12-/m0/s1. The number of rotatable bonds is 6. The molecule has 0 radical (unpaired) electrons. The molecule has 1 fully saturated rings. The summed E-state index contributed by atoms with van der Waals surface area (Å²) in [4.78, 5) is 51.4. The third-order valence-corrected chi connectivity index (χ3v) is 4.63. The number of pyridine rings is 2. The zero-order valence-corrected chi connectivity index (χ0v) is 15.4. The van der Waals surface area contributed by atoms with E-state index in [0.717, 1.165) is 11.0 Å². The van der Waals surface area contributed by atoms with E-state index in [-0.39, 0.29) is 17.5 Å². The van der Waals surface area contributed by atoms with Crippen molar-refractivity contribution in [2.75, 3.05) is 23.3 Å². The maximum absolute atomic E-state index is 12.7. The van der Waals surface area contributed by atoms with E-state index in [1.54, 1.807) is 0 Å². The Bertz CT molecular complexity index is 1000. The van der Waals surface area contributed by atoms with Gasteiger partial charge in [-0.3, -0.25) is 29.5 Å². The van der Waals surface area contributed by atoms with Crippen LogP contribution in [0.15, 0.2) is 41.6 Å². The molecule has 1 saturated heterocycles. The van der Waals surface area contributed by atoms with Crippen molar-refractivity contribution in [2.45, 2.75) is 19.4 Å². The molecule has 3 heterocycles. The van der Waals surface area contributed by atoms with Crippen molar-refractivity contribution < 1.29 is 19.6 Å². The molecule has 2 aromatic heterocycles. The Labute approximate surface area is 164 Å². The Balaban J connectivity index is 1.70. The number of carbonyl (C=O) groups excluding carboxylic acids is 1. The second-order valence-corrected chi connectivity index (χ2v) is 6.71. The summed E-state index contributed by atoms with van der Waals surface area (Å²) in [6.07, 6.45) is 5.34. The van der Waals surface area contributed by atoms with Crippen LogP contribution >= 0.6 is 0 Å². The van der Waals surface area contributed by atoms with E-state index in [2.05, 4.69) is 10.3 Å². The van der Waals surface area contributed by atoms with Crippen molar-refractivity contribution in [3.63, 3.8) is 0 Å². The van der Waals surface area contributed by atoms with Crippen molar-refractivity contribution in [1.82, 2.24) is 9.55 Å². The lowest BCUT2D eigenvalue weighted by molar-refractivity contribution is -0.385. The van der Waals surface area contributed by atoms with Crippen LogP contribution in [0.1, 0.15) is 12.8 Å². The minimum Gasteiger partial charge on any atom is -0.480 e. The van der Waals surface area contributed by atoms with Gasteiger partial charge in [-0.25, -0.2) is 0 Å². The fraction of sp³-hybridized carbons (Fsp3) is 0.333. The molecule has 1 aliphatic rings. The lowest BCUT2D eigenvalue weighted by Gasteiger charge is -2.33. The zero-order valence-electron chi connectivity index (χ0n) is 15.4. The molecular weight excluding hydrogens is 382 g/mol. The number of nitro groups is 1. The number of carboxylic acids is 1. The fourth-order valence-electron chi connectivity index (χ4n) is 3.23. The van der Waals surface area contributed by atoms with E-state index in [4.69, 9.17) is 5.11 Å². The van der Waals surface area contributed by atoms with Gasteiger partial charge in [0, 0.05) is 31.4 Å². The Morgan fingerprint density at radius 3 is 2.86 bits per heavy atom. The monoisotopic (exact) mass is 401 g/mol. The quantitative estimate of drug-likeness (QED) is 0.540. The topological polar surface area (TPSA) is 148 Å². The van der Waals surface area contributed by atoms with Gasteiger partial charge in [0.05, 0.1) is 28.4 Å². The first-order chi connectivity index (χ1) is 13.8. The average molecular weight is 401 g/mol. The number of carbonyl (C=O) groups is 2. The van der Waals surface area contributed by atoms with Gasteiger partial charge in [0.2, 0.25) is 5.91 Å². The first kappa shape index (κ1) is 20.0. The van der Waals surface area contributed by atoms with Crippen molar-refractivity contribution in [2.24, 2.45) is 5.92 Å². The van der Waals surface area contributed by atoms with E-state index in [1.165, 1.54) is 36.8 Å². The number of hydrogen-bond donors (Lipinski definition) is 2. The van der Waals surface area contributed by atoms with Crippen molar-refractivity contribution in [1.29, 1.82) is 0 Å². The minimum absolute atomic E-state index is 0.116. The summed E-state index contributed by atoms with van der Waals surface area (Å²) in [5, 5.41) is 22.5. The molecule has 1 atom stereocenters. The predicted octanol–water partition coefficient (Wildman–Crippen LogP) is 1.09. The molecule has 0 spiro atoms. The summed E-state index contributed by atoms with van der Waals surface area (Å²) in [6.45, 7) is 0.513. The summed E-state index contributed by atoms with van der Waals surface area (Å²) in [5.41, 5.74) is 0.305. The van der Waals surface area contributed by atoms with Crippen molar-refractivity contribution in [3.05, 3.63) is 57.3 Å². The normalized spacial score (nSPS) is 16.3. The third-order valence-electron chi connectivity index (χ3n) is 4.63. The van der Waals surface area contributed by atoms with E-state index in [1.807, 2.05) is 4.90 Å². The molecule has 1 amide bonds. The molecule has 0 aliphatic carbocycles. The van der Waals surface area contributed by atoms with Gasteiger partial charge >= 0.3 is 5.97 Å². The van der Waals surface area contributed by atoms with Crippen molar-refractivity contribution in [3.8, 4) is 0 Å². The molecular formula is C18H19N5O6. The molecule has 11 heteroatoms. The molecule has 0 saturated carbocycles. The van der Waals surface area contributed by atoms with Crippen LogP contribution in [0.5, 0.6) is 0 Å². The highest BCUT2D eigenvalue weighted by Gasteiger charge is 2.27. The smallest absolute Gasteiger partial charge is 0.323 e. The van der Waals surface area contributed by atoms with Crippen LogP contribution in [0.3, 0.4) is 0 Å². The summed E-state index contributed by atoms with van der Waals surface area (Å²) in [6, 6.07) is 4.04. The van der Waals surface area contributed by atoms with Crippen molar-refractivity contribution >= 4 is 28.9 Å². The van der Waals surface area contributed by atoms with Gasteiger partial charge in [0.1, 0.15) is 12.7 Å². The highest BCUT2D eigenvalue weighted by Crippen LogP contribution is 2.26. The highest BCUT2D eigenvalue weighted by atomic mass is 16.6. The number of piperidine rings is 1. The summed E-state index contributed by atoms with van der Waals surface area (Å²) in [5.74, 6) is -1.81. The van der Waals surface area contributed by atoms with Gasteiger partial charge < -0.3 is 19.9 Å². The number of nitrogens with one attached hydrogen (secondary N) is 1. The fourth-order valence-corrected chi connectivity index (χ4v) is 3.23. The molecule has 0 unspecified atom stereocenters. The van der Waals surface area contributed by atoms with Crippen LogP contribution in [-0.4, -0.2) is 44.5 Å². The summed E-state index contributed by atoms with van der Waals surface area (Å²) >= 11 is 0. The van der Waals surface area contributed by atoms with Gasteiger partial charge in [0.15, 0.2) is 0 Å². The van der Waals surface area contributed by atoms with Crippen LogP contribution in [0, 0.1) is 16.0 Å². The molecule has 152 valence electrons. The van der Waals surface area contributed by atoms with E-state index < -0.39 is 23.0 Å². The second-order valence-electron chi connectivity index (χ2n) is 6.71. The average Bonchev–Trinajstić information content (AvgIpc) is 2.70. The Morgan fingerprint density at radius 1 is 1.34 bits per heavy atom. The summed E-state index contributed by atoms with van der Waals surface area (Å²) in [7, 11) is 0. The number of hydrogen-bond acceptors (Lipinski definition) is 7. The van der Waals surface area contributed by atoms with E-state index >= 15 is 0 Å². The first-order valence-electron chi connectivity index (χ1n) is 8.91. The molecule has 2 aromatic rings.